The predicted octanol–water partition coefficient (Wildman–Crippen LogP) is 3.94. The van der Waals surface area contributed by atoms with Crippen molar-refractivity contribution in [1.29, 1.82) is 0 Å². The second kappa shape index (κ2) is 5.83. The first-order chi connectivity index (χ1) is 11.3. The summed E-state index contributed by atoms with van der Waals surface area (Å²) in [4.78, 5) is 24.2. The fourth-order valence-electron chi connectivity index (χ4n) is 2.70. The van der Waals surface area contributed by atoms with Gasteiger partial charge in [0.1, 0.15) is 17.2 Å². The van der Waals surface area contributed by atoms with Gasteiger partial charge in [-0.2, -0.15) is 0 Å². The van der Waals surface area contributed by atoms with Crippen molar-refractivity contribution in [2.24, 2.45) is 7.05 Å². The number of aromatic carboxylic acids is 1. The fraction of sp³-hybridized carbons (Fsp3) is 0.0588. The van der Waals surface area contributed by atoms with Crippen LogP contribution in [0, 0.1) is 11.6 Å². The van der Waals surface area contributed by atoms with Crippen molar-refractivity contribution in [1.82, 2.24) is 4.57 Å². The fourth-order valence-corrected chi connectivity index (χ4v) is 3.05. The van der Waals surface area contributed by atoms with E-state index in [1.165, 1.54) is 17.7 Å². The average Bonchev–Trinajstić information content (AvgIpc) is 2.52. The van der Waals surface area contributed by atoms with E-state index in [0.29, 0.717) is 9.99 Å². The number of carbonyl (C=O) groups is 1. The number of carboxylic acids is 1. The Hall–Kier alpha value is -2.54. The Bertz CT molecular complexity index is 1060. The van der Waals surface area contributed by atoms with E-state index in [2.05, 4.69) is 15.9 Å². The van der Waals surface area contributed by atoms with Crippen molar-refractivity contribution >= 4 is 32.8 Å². The molecule has 0 fully saturated rings. The van der Waals surface area contributed by atoms with Crippen molar-refractivity contribution in [3.8, 4) is 11.3 Å². The first kappa shape index (κ1) is 16.3. The van der Waals surface area contributed by atoms with Crippen LogP contribution in [0.25, 0.3) is 22.2 Å². The molecule has 0 unspecified atom stereocenters. The minimum Gasteiger partial charge on any atom is -0.477 e. The lowest BCUT2D eigenvalue weighted by Gasteiger charge is -2.16. The molecule has 0 bridgehead atoms. The quantitative estimate of drug-likeness (QED) is 0.717. The highest BCUT2D eigenvalue weighted by Gasteiger charge is 2.24. The molecular formula is C17H10BrF2NO3. The van der Waals surface area contributed by atoms with Crippen LogP contribution in [0.15, 0.2) is 45.7 Å². The summed E-state index contributed by atoms with van der Waals surface area (Å²) in [5.41, 5.74) is -1.42. The maximum absolute atomic E-state index is 14.2. The summed E-state index contributed by atoms with van der Waals surface area (Å²) in [7, 11) is 1.50. The van der Waals surface area contributed by atoms with Crippen LogP contribution in [0.4, 0.5) is 8.78 Å². The van der Waals surface area contributed by atoms with Gasteiger partial charge in [0, 0.05) is 22.5 Å². The third-order valence-corrected chi connectivity index (χ3v) is 4.26. The lowest BCUT2D eigenvalue weighted by atomic mass is 10.0. The van der Waals surface area contributed by atoms with Gasteiger partial charge < -0.3 is 9.67 Å². The second-order valence-electron chi connectivity index (χ2n) is 5.20. The van der Waals surface area contributed by atoms with Gasteiger partial charge in [-0.25, -0.2) is 13.6 Å². The summed E-state index contributed by atoms with van der Waals surface area (Å²) >= 11 is 3.28. The highest BCUT2D eigenvalue weighted by Crippen LogP contribution is 2.29. The number of rotatable bonds is 2. The summed E-state index contributed by atoms with van der Waals surface area (Å²) in [6.07, 6.45) is 0. The molecule has 1 N–H and O–H groups in total. The van der Waals surface area contributed by atoms with E-state index in [4.69, 9.17) is 0 Å². The molecule has 0 spiro atoms. The molecule has 1 heterocycles. The Morgan fingerprint density at radius 2 is 1.88 bits per heavy atom. The minimum absolute atomic E-state index is 0.179. The van der Waals surface area contributed by atoms with Crippen LogP contribution in [0.3, 0.4) is 0 Å². The van der Waals surface area contributed by atoms with E-state index in [1.807, 2.05) is 0 Å². The first-order valence-corrected chi connectivity index (χ1v) is 7.61. The molecule has 0 aliphatic rings. The zero-order valence-corrected chi connectivity index (χ0v) is 13.9. The lowest BCUT2D eigenvalue weighted by molar-refractivity contribution is 0.0696. The predicted molar refractivity (Wildman–Crippen MR) is 89.2 cm³/mol. The van der Waals surface area contributed by atoms with Crippen LogP contribution in [0.1, 0.15) is 10.4 Å². The molecule has 0 saturated heterocycles. The molecule has 7 heteroatoms. The molecule has 3 aromatic rings. The Kier molecular flexibility index (Phi) is 3.96. The van der Waals surface area contributed by atoms with E-state index < -0.39 is 28.6 Å². The summed E-state index contributed by atoms with van der Waals surface area (Å²) in [6, 6.07) is 7.40. The molecule has 0 radical (unpaired) electrons. The standard InChI is InChI=1S/C17H10BrF2NO3/c1-21-13-6-8(18)2-4-10(13)16(22)14(17(23)24)15(21)11-7-9(19)3-5-12(11)20/h2-7H,1H3,(H,23,24). The number of hydrogen-bond acceptors (Lipinski definition) is 2. The topological polar surface area (TPSA) is 59.3 Å². The number of halogens is 3. The molecule has 1 aromatic heterocycles. The van der Waals surface area contributed by atoms with E-state index in [1.54, 1.807) is 12.1 Å². The van der Waals surface area contributed by atoms with Crippen LogP contribution in [-0.2, 0) is 7.05 Å². The van der Waals surface area contributed by atoms with E-state index in [9.17, 15) is 23.5 Å². The number of hydrogen-bond donors (Lipinski definition) is 1. The molecule has 4 nitrogen and oxygen atoms in total. The van der Waals surface area contributed by atoms with E-state index in [0.717, 1.165) is 18.2 Å². The highest BCUT2D eigenvalue weighted by molar-refractivity contribution is 9.10. The Labute approximate surface area is 143 Å². The number of aromatic nitrogens is 1. The monoisotopic (exact) mass is 393 g/mol. The molecule has 0 amide bonds. The number of benzene rings is 2. The molecule has 0 aliphatic heterocycles. The molecule has 0 atom stereocenters. The summed E-state index contributed by atoms with van der Waals surface area (Å²) < 4.78 is 29.8. The molecule has 2 aromatic carbocycles. The van der Waals surface area contributed by atoms with Crippen molar-refractivity contribution < 1.29 is 18.7 Å². The molecule has 0 saturated carbocycles. The number of fused-ring (bicyclic) bond motifs is 1. The smallest absolute Gasteiger partial charge is 0.341 e. The number of nitrogens with zero attached hydrogens (tertiary/aromatic N) is 1. The Morgan fingerprint density at radius 3 is 2.54 bits per heavy atom. The number of aryl methyl sites for hydroxylation is 1. The van der Waals surface area contributed by atoms with Gasteiger partial charge in [0.15, 0.2) is 0 Å². The van der Waals surface area contributed by atoms with Gasteiger partial charge >= 0.3 is 5.97 Å². The summed E-state index contributed by atoms with van der Waals surface area (Å²) in [5, 5.41) is 9.65. The van der Waals surface area contributed by atoms with Gasteiger partial charge in [-0.05, 0) is 36.4 Å². The van der Waals surface area contributed by atoms with Crippen LogP contribution < -0.4 is 5.43 Å². The van der Waals surface area contributed by atoms with Gasteiger partial charge in [0.05, 0.1) is 11.2 Å². The van der Waals surface area contributed by atoms with Gasteiger partial charge in [-0.1, -0.05) is 15.9 Å². The average molecular weight is 394 g/mol. The van der Waals surface area contributed by atoms with Crippen LogP contribution in [-0.4, -0.2) is 15.6 Å². The minimum atomic E-state index is -1.50. The van der Waals surface area contributed by atoms with Crippen LogP contribution in [0.2, 0.25) is 0 Å². The molecule has 0 aliphatic carbocycles. The third kappa shape index (κ3) is 2.50. The van der Waals surface area contributed by atoms with Crippen LogP contribution >= 0.6 is 15.9 Å². The zero-order valence-electron chi connectivity index (χ0n) is 12.3. The van der Waals surface area contributed by atoms with Crippen LogP contribution in [0.5, 0.6) is 0 Å². The van der Waals surface area contributed by atoms with Gasteiger partial charge in [0.25, 0.3) is 0 Å². The second-order valence-corrected chi connectivity index (χ2v) is 6.12. The third-order valence-electron chi connectivity index (χ3n) is 3.76. The number of carboxylic acid groups (broad SMARTS) is 1. The van der Waals surface area contributed by atoms with Gasteiger partial charge in [0.2, 0.25) is 5.43 Å². The zero-order chi connectivity index (χ0) is 17.6. The number of pyridine rings is 1. The molecule has 24 heavy (non-hydrogen) atoms. The maximum atomic E-state index is 14.2. The van der Waals surface area contributed by atoms with Crippen molar-refractivity contribution in [2.45, 2.75) is 0 Å². The SMILES string of the molecule is Cn1c(-c2cc(F)ccc2F)c(C(=O)O)c(=O)c2ccc(Br)cc21. The van der Waals surface area contributed by atoms with Gasteiger partial charge in [-0.15, -0.1) is 0 Å². The highest BCUT2D eigenvalue weighted by atomic mass is 79.9. The Balaban J connectivity index is 2.57. The van der Waals surface area contributed by atoms with E-state index >= 15 is 0 Å². The Morgan fingerprint density at radius 1 is 1.17 bits per heavy atom. The van der Waals surface area contributed by atoms with Crippen molar-refractivity contribution in [3.63, 3.8) is 0 Å². The maximum Gasteiger partial charge on any atom is 0.341 e. The lowest BCUT2D eigenvalue weighted by Crippen LogP contribution is -2.21. The molecule has 3 rings (SSSR count). The van der Waals surface area contributed by atoms with Gasteiger partial charge in [-0.3, -0.25) is 4.79 Å². The molecular weight excluding hydrogens is 384 g/mol. The largest absolute Gasteiger partial charge is 0.477 e. The van der Waals surface area contributed by atoms with Crippen molar-refractivity contribution in [2.75, 3.05) is 0 Å². The first-order valence-electron chi connectivity index (χ1n) is 6.82. The normalized spacial score (nSPS) is 11.0. The summed E-state index contributed by atoms with van der Waals surface area (Å²) in [6.45, 7) is 0. The van der Waals surface area contributed by atoms with E-state index in [-0.39, 0.29) is 16.6 Å². The van der Waals surface area contributed by atoms with Crippen molar-refractivity contribution in [3.05, 3.63) is 68.3 Å². The molecule has 122 valence electrons. The summed E-state index contributed by atoms with van der Waals surface area (Å²) in [5.74, 6) is -3.05.